The average Bonchev–Trinajstić information content (AvgIpc) is 2.45. The van der Waals surface area contributed by atoms with Crippen LogP contribution in [0.1, 0.15) is 0 Å². The van der Waals surface area contributed by atoms with E-state index in [1.807, 2.05) is 24.3 Å². The lowest BCUT2D eigenvalue weighted by Crippen LogP contribution is -2.12. The Morgan fingerprint density at radius 2 is 1.41 bits per heavy atom. The molecule has 0 aliphatic heterocycles. The molecule has 3 nitrogen and oxygen atoms in total. The van der Waals surface area contributed by atoms with Gasteiger partial charge in [-0.15, -0.1) is 0 Å². The van der Waals surface area contributed by atoms with Crippen LogP contribution in [0.25, 0.3) is 10.8 Å². The van der Waals surface area contributed by atoms with Crippen molar-refractivity contribution in [3.8, 4) is 0 Å². The molecule has 3 aromatic carbocycles. The van der Waals surface area contributed by atoms with Crippen LogP contribution < -0.4 is 4.72 Å². The topological polar surface area (TPSA) is 46.2 Å². The molecule has 112 valence electrons. The molecule has 3 rings (SSSR count). The van der Waals surface area contributed by atoms with Crippen molar-refractivity contribution in [2.45, 2.75) is 4.90 Å². The van der Waals surface area contributed by atoms with Crippen LogP contribution in [0.4, 0.5) is 5.69 Å². The molecule has 0 amide bonds. The highest BCUT2D eigenvalue weighted by atomic mass is 35.5. The summed E-state index contributed by atoms with van der Waals surface area (Å²) in [5.74, 6) is 0. The summed E-state index contributed by atoms with van der Waals surface area (Å²) in [6.07, 6.45) is 0. The Kier molecular flexibility index (Phi) is 4.00. The van der Waals surface area contributed by atoms with E-state index in [0.29, 0.717) is 15.7 Å². The molecule has 0 spiro atoms. The summed E-state index contributed by atoms with van der Waals surface area (Å²) in [5, 5.41) is 2.56. The third kappa shape index (κ3) is 3.19. The van der Waals surface area contributed by atoms with Gasteiger partial charge in [0.15, 0.2) is 0 Å². The first-order chi connectivity index (χ1) is 10.4. The molecule has 0 aromatic heterocycles. The van der Waals surface area contributed by atoms with E-state index in [4.69, 9.17) is 23.2 Å². The maximum Gasteiger partial charge on any atom is 0.261 e. The smallest absolute Gasteiger partial charge is 0.261 e. The SMILES string of the molecule is O=S(=O)(Nc1cc(Cl)cc(Cl)c1)c1ccc2ccccc2c1. The monoisotopic (exact) mass is 351 g/mol. The Morgan fingerprint density at radius 3 is 2.09 bits per heavy atom. The lowest BCUT2D eigenvalue weighted by molar-refractivity contribution is 0.601. The number of anilines is 1. The van der Waals surface area contributed by atoms with Crippen molar-refractivity contribution in [1.29, 1.82) is 0 Å². The van der Waals surface area contributed by atoms with Crippen LogP contribution in [0.2, 0.25) is 10.0 Å². The first kappa shape index (κ1) is 15.2. The van der Waals surface area contributed by atoms with Crippen LogP contribution in [-0.4, -0.2) is 8.42 Å². The summed E-state index contributed by atoms with van der Waals surface area (Å²) in [6, 6.07) is 17.1. The van der Waals surface area contributed by atoms with Crippen molar-refractivity contribution in [2.24, 2.45) is 0 Å². The fourth-order valence-corrected chi connectivity index (χ4v) is 3.76. The van der Waals surface area contributed by atoms with Crippen molar-refractivity contribution >= 4 is 49.7 Å². The molecule has 0 radical (unpaired) electrons. The molecule has 3 aromatic rings. The van der Waals surface area contributed by atoms with Gasteiger partial charge in [-0.1, -0.05) is 53.5 Å². The predicted molar refractivity (Wildman–Crippen MR) is 91.2 cm³/mol. The zero-order chi connectivity index (χ0) is 15.7. The van der Waals surface area contributed by atoms with E-state index in [-0.39, 0.29) is 4.90 Å². The first-order valence-electron chi connectivity index (χ1n) is 6.42. The van der Waals surface area contributed by atoms with Gasteiger partial charge in [0.05, 0.1) is 10.6 Å². The van der Waals surface area contributed by atoms with Crippen LogP contribution in [-0.2, 0) is 10.0 Å². The van der Waals surface area contributed by atoms with Gasteiger partial charge in [-0.3, -0.25) is 4.72 Å². The predicted octanol–water partition coefficient (Wildman–Crippen LogP) is 4.95. The Morgan fingerprint density at radius 1 is 0.773 bits per heavy atom. The third-order valence-electron chi connectivity index (χ3n) is 3.15. The second-order valence-corrected chi connectivity index (χ2v) is 7.33. The molecule has 1 N–H and O–H groups in total. The molecule has 22 heavy (non-hydrogen) atoms. The zero-order valence-electron chi connectivity index (χ0n) is 11.3. The van der Waals surface area contributed by atoms with Crippen molar-refractivity contribution < 1.29 is 8.42 Å². The van der Waals surface area contributed by atoms with E-state index in [2.05, 4.69) is 4.72 Å². The maximum absolute atomic E-state index is 12.5. The second-order valence-electron chi connectivity index (χ2n) is 4.77. The molecule has 6 heteroatoms. The van der Waals surface area contributed by atoms with Crippen molar-refractivity contribution in [3.63, 3.8) is 0 Å². The molecule has 0 atom stereocenters. The minimum atomic E-state index is -3.71. The van der Waals surface area contributed by atoms with Crippen LogP contribution in [0.5, 0.6) is 0 Å². The van der Waals surface area contributed by atoms with Crippen LogP contribution in [0, 0.1) is 0 Å². The Bertz CT molecular complexity index is 935. The lowest BCUT2D eigenvalue weighted by atomic mass is 10.1. The van der Waals surface area contributed by atoms with E-state index in [1.165, 1.54) is 18.2 Å². The summed E-state index contributed by atoms with van der Waals surface area (Å²) in [4.78, 5) is 0.183. The number of rotatable bonds is 3. The summed E-state index contributed by atoms with van der Waals surface area (Å²) in [5.41, 5.74) is 0.325. The molecule has 0 aliphatic carbocycles. The third-order valence-corrected chi connectivity index (χ3v) is 4.96. The molecule has 0 saturated heterocycles. The highest BCUT2D eigenvalue weighted by molar-refractivity contribution is 7.92. The largest absolute Gasteiger partial charge is 0.280 e. The van der Waals surface area contributed by atoms with E-state index in [1.54, 1.807) is 18.2 Å². The van der Waals surface area contributed by atoms with E-state index >= 15 is 0 Å². The van der Waals surface area contributed by atoms with E-state index in [0.717, 1.165) is 10.8 Å². The highest BCUT2D eigenvalue weighted by Gasteiger charge is 2.15. The van der Waals surface area contributed by atoms with Gasteiger partial charge in [0, 0.05) is 10.0 Å². The summed E-state index contributed by atoms with van der Waals surface area (Å²) < 4.78 is 27.4. The minimum absolute atomic E-state index is 0.183. The number of nitrogens with one attached hydrogen (secondary N) is 1. The van der Waals surface area contributed by atoms with Gasteiger partial charge in [0.25, 0.3) is 10.0 Å². The molecule has 0 unspecified atom stereocenters. The average molecular weight is 352 g/mol. The lowest BCUT2D eigenvalue weighted by Gasteiger charge is -2.10. The maximum atomic E-state index is 12.5. The molecule has 0 fully saturated rings. The Hall–Kier alpha value is -1.75. The first-order valence-corrected chi connectivity index (χ1v) is 8.66. The second kappa shape index (κ2) is 5.80. The quantitative estimate of drug-likeness (QED) is 0.725. The Labute approximate surface area is 138 Å². The highest BCUT2D eigenvalue weighted by Crippen LogP contribution is 2.26. The zero-order valence-corrected chi connectivity index (χ0v) is 13.6. The van der Waals surface area contributed by atoms with Crippen LogP contribution >= 0.6 is 23.2 Å². The number of hydrogen-bond acceptors (Lipinski definition) is 2. The number of benzene rings is 3. The Balaban J connectivity index is 2.00. The number of hydrogen-bond donors (Lipinski definition) is 1. The van der Waals surface area contributed by atoms with Crippen molar-refractivity contribution in [3.05, 3.63) is 70.7 Å². The van der Waals surface area contributed by atoms with Gasteiger partial charge < -0.3 is 0 Å². The molecular formula is C16H11Cl2NO2S. The van der Waals surface area contributed by atoms with Gasteiger partial charge >= 0.3 is 0 Å². The van der Waals surface area contributed by atoms with Crippen LogP contribution in [0.3, 0.4) is 0 Å². The van der Waals surface area contributed by atoms with Gasteiger partial charge in [-0.25, -0.2) is 8.42 Å². The summed E-state index contributed by atoms with van der Waals surface area (Å²) >= 11 is 11.8. The van der Waals surface area contributed by atoms with Gasteiger partial charge in [-0.2, -0.15) is 0 Å². The fourth-order valence-electron chi connectivity index (χ4n) is 2.16. The summed E-state index contributed by atoms with van der Waals surface area (Å²) in [7, 11) is -3.71. The number of fused-ring (bicyclic) bond motifs is 1. The number of halogens is 2. The number of sulfonamides is 1. The van der Waals surface area contributed by atoms with E-state index in [9.17, 15) is 8.42 Å². The molecule has 0 saturated carbocycles. The molecule has 0 heterocycles. The van der Waals surface area contributed by atoms with Crippen molar-refractivity contribution in [2.75, 3.05) is 4.72 Å². The van der Waals surface area contributed by atoms with E-state index < -0.39 is 10.0 Å². The molecular weight excluding hydrogens is 341 g/mol. The molecule has 0 aliphatic rings. The fraction of sp³-hybridized carbons (Fsp3) is 0. The summed E-state index contributed by atoms with van der Waals surface area (Å²) in [6.45, 7) is 0. The van der Waals surface area contributed by atoms with Gasteiger partial charge in [-0.05, 0) is 41.1 Å². The van der Waals surface area contributed by atoms with Crippen LogP contribution in [0.15, 0.2) is 65.6 Å². The van der Waals surface area contributed by atoms with Gasteiger partial charge in [0.2, 0.25) is 0 Å². The molecule has 0 bridgehead atoms. The standard InChI is InChI=1S/C16H11Cl2NO2S/c17-13-8-14(18)10-15(9-13)19-22(20,21)16-6-5-11-3-1-2-4-12(11)7-16/h1-10,19H. The normalized spacial score (nSPS) is 11.5. The van der Waals surface area contributed by atoms with Crippen molar-refractivity contribution in [1.82, 2.24) is 0 Å². The van der Waals surface area contributed by atoms with Gasteiger partial charge in [0.1, 0.15) is 0 Å². The minimum Gasteiger partial charge on any atom is -0.280 e.